The molecule has 102 valence electrons. The summed E-state index contributed by atoms with van der Waals surface area (Å²) in [5.74, 6) is 0. The van der Waals surface area contributed by atoms with E-state index in [4.69, 9.17) is 0 Å². The second kappa shape index (κ2) is 8.68. The average Bonchev–Trinajstić information content (AvgIpc) is 2.36. The molecule has 0 aromatic heterocycles. The van der Waals surface area contributed by atoms with Crippen molar-refractivity contribution in [2.75, 3.05) is 26.2 Å². The first-order chi connectivity index (χ1) is 8.67. The Bertz CT molecular complexity index is 348. The molecule has 0 spiro atoms. The largest absolute Gasteiger partial charge is 0.313 e. The van der Waals surface area contributed by atoms with Crippen molar-refractivity contribution < 1.29 is 0 Å². The van der Waals surface area contributed by atoms with Crippen LogP contribution < -0.4 is 5.32 Å². The van der Waals surface area contributed by atoms with Crippen LogP contribution in [-0.4, -0.2) is 31.1 Å². The first-order valence-electron chi connectivity index (χ1n) is 6.85. The first kappa shape index (κ1) is 15.7. The summed E-state index contributed by atoms with van der Waals surface area (Å²) in [5.41, 5.74) is 2.74. The third kappa shape index (κ3) is 5.51. The maximum atomic E-state index is 3.52. The van der Waals surface area contributed by atoms with Gasteiger partial charge in [-0.05, 0) is 62.8 Å². The minimum Gasteiger partial charge on any atom is -0.313 e. The van der Waals surface area contributed by atoms with Crippen LogP contribution in [0, 0.1) is 6.92 Å². The Balaban J connectivity index is 2.21. The van der Waals surface area contributed by atoms with Crippen molar-refractivity contribution in [2.24, 2.45) is 0 Å². The standard InChI is InChI=1S/C15H25BrN2/c1-4-18(5-2)10-6-9-17-12-14-7-8-15(16)11-13(14)3/h7-8,11,17H,4-6,9-10,12H2,1-3H3. The molecule has 0 aliphatic heterocycles. The van der Waals surface area contributed by atoms with Crippen LogP contribution in [0.25, 0.3) is 0 Å². The summed E-state index contributed by atoms with van der Waals surface area (Å²) in [6.45, 7) is 12.2. The molecule has 1 aromatic rings. The van der Waals surface area contributed by atoms with E-state index in [9.17, 15) is 0 Å². The zero-order chi connectivity index (χ0) is 13.4. The number of hydrogen-bond donors (Lipinski definition) is 1. The van der Waals surface area contributed by atoms with Crippen molar-refractivity contribution in [1.82, 2.24) is 10.2 Å². The fourth-order valence-electron chi connectivity index (χ4n) is 2.05. The summed E-state index contributed by atoms with van der Waals surface area (Å²) in [7, 11) is 0. The molecule has 0 heterocycles. The Kier molecular flexibility index (Phi) is 7.56. The van der Waals surface area contributed by atoms with Gasteiger partial charge >= 0.3 is 0 Å². The van der Waals surface area contributed by atoms with Gasteiger partial charge in [0.25, 0.3) is 0 Å². The van der Waals surface area contributed by atoms with Gasteiger partial charge in [0.05, 0.1) is 0 Å². The topological polar surface area (TPSA) is 15.3 Å². The van der Waals surface area contributed by atoms with E-state index >= 15 is 0 Å². The lowest BCUT2D eigenvalue weighted by molar-refractivity contribution is 0.298. The normalized spacial score (nSPS) is 11.2. The molecule has 0 bridgehead atoms. The fourth-order valence-corrected chi connectivity index (χ4v) is 2.52. The maximum Gasteiger partial charge on any atom is 0.0208 e. The highest BCUT2D eigenvalue weighted by molar-refractivity contribution is 9.10. The quantitative estimate of drug-likeness (QED) is 0.738. The summed E-state index contributed by atoms with van der Waals surface area (Å²) >= 11 is 3.50. The lowest BCUT2D eigenvalue weighted by Gasteiger charge is -2.17. The van der Waals surface area contributed by atoms with Gasteiger partial charge in [0.1, 0.15) is 0 Å². The van der Waals surface area contributed by atoms with Gasteiger partial charge in [-0.2, -0.15) is 0 Å². The summed E-state index contributed by atoms with van der Waals surface area (Å²) in [6, 6.07) is 6.48. The van der Waals surface area contributed by atoms with Crippen molar-refractivity contribution in [2.45, 2.75) is 33.7 Å². The van der Waals surface area contributed by atoms with Crippen LogP contribution in [0.1, 0.15) is 31.4 Å². The maximum absolute atomic E-state index is 3.52. The molecular weight excluding hydrogens is 288 g/mol. The third-order valence-electron chi connectivity index (χ3n) is 3.34. The molecule has 0 saturated carbocycles. The summed E-state index contributed by atoms with van der Waals surface area (Å²) in [4.78, 5) is 2.46. The Morgan fingerprint density at radius 3 is 2.56 bits per heavy atom. The van der Waals surface area contributed by atoms with Gasteiger partial charge in [0, 0.05) is 11.0 Å². The van der Waals surface area contributed by atoms with E-state index in [-0.39, 0.29) is 0 Å². The fraction of sp³-hybridized carbons (Fsp3) is 0.600. The zero-order valence-electron chi connectivity index (χ0n) is 11.8. The molecule has 2 nitrogen and oxygen atoms in total. The van der Waals surface area contributed by atoms with Crippen LogP contribution in [-0.2, 0) is 6.54 Å². The second-order valence-corrected chi connectivity index (χ2v) is 5.54. The van der Waals surface area contributed by atoms with E-state index in [1.165, 1.54) is 24.1 Å². The van der Waals surface area contributed by atoms with Crippen LogP contribution in [0.5, 0.6) is 0 Å². The van der Waals surface area contributed by atoms with E-state index < -0.39 is 0 Å². The Morgan fingerprint density at radius 2 is 1.94 bits per heavy atom. The number of nitrogens with zero attached hydrogens (tertiary/aromatic N) is 1. The van der Waals surface area contributed by atoms with E-state index in [0.717, 1.165) is 30.7 Å². The van der Waals surface area contributed by atoms with Gasteiger partial charge in [-0.1, -0.05) is 35.8 Å². The first-order valence-corrected chi connectivity index (χ1v) is 7.64. The minimum absolute atomic E-state index is 0.970. The predicted octanol–water partition coefficient (Wildman–Crippen LogP) is 3.58. The van der Waals surface area contributed by atoms with Crippen molar-refractivity contribution in [3.8, 4) is 0 Å². The molecule has 1 N–H and O–H groups in total. The van der Waals surface area contributed by atoms with Crippen molar-refractivity contribution in [3.05, 3.63) is 33.8 Å². The number of aryl methyl sites for hydroxylation is 1. The predicted molar refractivity (Wildman–Crippen MR) is 83.0 cm³/mol. The molecular formula is C15H25BrN2. The van der Waals surface area contributed by atoms with Gasteiger partial charge < -0.3 is 10.2 Å². The molecule has 18 heavy (non-hydrogen) atoms. The van der Waals surface area contributed by atoms with Gasteiger partial charge in [-0.15, -0.1) is 0 Å². The highest BCUT2D eigenvalue weighted by Gasteiger charge is 2.00. The SMILES string of the molecule is CCN(CC)CCCNCc1ccc(Br)cc1C. The molecule has 1 aromatic carbocycles. The van der Waals surface area contributed by atoms with Crippen LogP contribution in [0.2, 0.25) is 0 Å². The van der Waals surface area contributed by atoms with E-state index in [1.807, 2.05) is 0 Å². The molecule has 0 amide bonds. The average molecular weight is 313 g/mol. The van der Waals surface area contributed by atoms with Crippen molar-refractivity contribution >= 4 is 15.9 Å². The summed E-state index contributed by atoms with van der Waals surface area (Å²) in [6.07, 6.45) is 1.22. The number of rotatable bonds is 8. The lowest BCUT2D eigenvalue weighted by atomic mass is 10.1. The van der Waals surface area contributed by atoms with Crippen LogP contribution in [0.4, 0.5) is 0 Å². The van der Waals surface area contributed by atoms with Gasteiger partial charge in [-0.3, -0.25) is 0 Å². The number of nitrogens with one attached hydrogen (secondary N) is 1. The Labute approximate surface area is 120 Å². The van der Waals surface area contributed by atoms with Crippen LogP contribution in [0.15, 0.2) is 22.7 Å². The molecule has 0 fully saturated rings. The smallest absolute Gasteiger partial charge is 0.0208 e. The van der Waals surface area contributed by atoms with E-state index in [1.54, 1.807) is 0 Å². The van der Waals surface area contributed by atoms with E-state index in [2.05, 4.69) is 65.1 Å². The van der Waals surface area contributed by atoms with E-state index in [0.29, 0.717) is 0 Å². The summed E-state index contributed by atoms with van der Waals surface area (Å²) < 4.78 is 1.16. The van der Waals surface area contributed by atoms with Crippen molar-refractivity contribution in [1.29, 1.82) is 0 Å². The molecule has 0 saturated heterocycles. The Morgan fingerprint density at radius 1 is 1.22 bits per heavy atom. The molecule has 0 atom stereocenters. The number of halogens is 1. The molecule has 0 aliphatic rings. The van der Waals surface area contributed by atoms with Gasteiger partial charge in [0.15, 0.2) is 0 Å². The number of hydrogen-bond acceptors (Lipinski definition) is 2. The minimum atomic E-state index is 0.970. The molecule has 1 rings (SSSR count). The van der Waals surface area contributed by atoms with Crippen LogP contribution >= 0.6 is 15.9 Å². The molecule has 3 heteroatoms. The molecule has 0 radical (unpaired) electrons. The lowest BCUT2D eigenvalue weighted by Crippen LogP contribution is -2.27. The zero-order valence-corrected chi connectivity index (χ0v) is 13.4. The van der Waals surface area contributed by atoms with Crippen molar-refractivity contribution in [3.63, 3.8) is 0 Å². The second-order valence-electron chi connectivity index (χ2n) is 4.63. The van der Waals surface area contributed by atoms with Crippen LogP contribution in [0.3, 0.4) is 0 Å². The summed E-state index contributed by atoms with van der Waals surface area (Å²) in [5, 5.41) is 3.52. The Hall–Kier alpha value is -0.380. The highest BCUT2D eigenvalue weighted by Crippen LogP contribution is 2.15. The highest BCUT2D eigenvalue weighted by atomic mass is 79.9. The third-order valence-corrected chi connectivity index (χ3v) is 3.84. The monoisotopic (exact) mass is 312 g/mol. The van der Waals surface area contributed by atoms with Gasteiger partial charge in [-0.25, -0.2) is 0 Å². The molecule has 0 unspecified atom stereocenters. The van der Waals surface area contributed by atoms with Gasteiger partial charge in [0.2, 0.25) is 0 Å². The molecule has 0 aliphatic carbocycles. The number of benzene rings is 1.